The van der Waals surface area contributed by atoms with Crippen LogP contribution in [0.3, 0.4) is 0 Å². The van der Waals surface area contributed by atoms with Crippen molar-refractivity contribution in [3.8, 4) is 0 Å². The summed E-state index contributed by atoms with van der Waals surface area (Å²) in [6.07, 6.45) is 1.13. The fourth-order valence-electron chi connectivity index (χ4n) is 2.79. The molecule has 2 N–H and O–H groups in total. The van der Waals surface area contributed by atoms with Crippen LogP contribution < -0.4 is 4.72 Å². The lowest BCUT2D eigenvalue weighted by Gasteiger charge is -2.24. The van der Waals surface area contributed by atoms with Crippen molar-refractivity contribution in [2.75, 3.05) is 6.54 Å². The van der Waals surface area contributed by atoms with Crippen LogP contribution in [0.4, 0.5) is 4.39 Å². The molecule has 0 aromatic heterocycles. The Bertz CT molecular complexity index is 856. The molecule has 122 valence electrons. The standard InChI is InChI=1S/C16H15ClFNO3S/c17-14-9-12(5-6-15(14)18)23(21,22)19-10-16(20)8-7-11-3-1-2-4-13(11)16/h1-6,9,19-20H,7-8,10H2. The van der Waals surface area contributed by atoms with Crippen LogP contribution in [-0.4, -0.2) is 20.1 Å². The molecule has 0 saturated carbocycles. The molecular weight excluding hydrogens is 341 g/mol. The second-order valence-electron chi connectivity index (χ2n) is 5.59. The molecule has 0 radical (unpaired) electrons. The van der Waals surface area contributed by atoms with Gasteiger partial charge in [-0.05, 0) is 42.2 Å². The van der Waals surface area contributed by atoms with Gasteiger partial charge >= 0.3 is 0 Å². The van der Waals surface area contributed by atoms with Gasteiger partial charge in [-0.2, -0.15) is 0 Å². The Morgan fingerprint density at radius 3 is 2.74 bits per heavy atom. The van der Waals surface area contributed by atoms with E-state index in [1.165, 1.54) is 0 Å². The van der Waals surface area contributed by atoms with E-state index < -0.39 is 21.4 Å². The fourth-order valence-corrected chi connectivity index (χ4v) is 4.15. The number of aliphatic hydroxyl groups is 1. The first kappa shape index (κ1) is 16.4. The summed E-state index contributed by atoms with van der Waals surface area (Å²) in [6.45, 7) is -0.151. The summed E-state index contributed by atoms with van der Waals surface area (Å²) in [6, 6.07) is 10.6. The molecule has 0 heterocycles. The summed E-state index contributed by atoms with van der Waals surface area (Å²) in [5, 5.41) is 10.5. The molecule has 1 aliphatic rings. The van der Waals surface area contributed by atoms with Gasteiger partial charge < -0.3 is 5.11 Å². The van der Waals surface area contributed by atoms with Crippen molar-refractivity contribution < 1.29 is 17.9 Å². The van der Waals surface area contributed by atoms with Crippen LogP contribution in [0.2, 0.25) is 5.02 Å². The zero-order valence-electron chi connectivity index (χ0n) is 12.1. The van der Waals surface area contributed by atoms with Gasteiger partial charge in [-0.25, -0.2) is 17.5 Å². The minimum Gasteiger partial charge on any atom is -0.384 e. The average molecular weight is 356 g/mol. The van der Waals surface area contributed by atoms with E-state index in [2.05, 4.69) is 4.72 Å². The molecule has 3 rings (SSSR count). The van der Waals surface area contributed by atoms with Crippen molar-refractivity contribution in [2.45, 2.75) is 23.3 Å². The van der Waals surface area contributed by atoms with Crippen LogP contribution in [0.5, 0.6) is 0 Å². The van der Waals surface area contributed by atoms with Gasteiger partial charge in [-0.1, -0.05) is 35.9 Å². The maximum Gasteiger partial charge on any atom is 0.240 e. The molecule has 23 heavy (non-hydrogen) atoms. The molecule has 2 aromatic carbocycles. The Balaban J connectivity index is 1.81. The normalized spacial score (nSPS) is 20.5. The number of hydrogen-bond donors (Lipinski definition) is 2. The van der Waals surface area contributed by atoms with Crippen molar-refractivity contribution in [1.82, 2.24) is 4.72 Å². The lowest BCUT2D eigenvalue weighted by molar-refractivity contribution is 0.0442. The average Bonchev–Trinajstić information content (AvgIpc) is 2.87. The molecule has 0 amide bonds. The summed E-state index contributed by atoms with van der Waals surface area (Å²) >= 11 is 5.62. The van der Waals surface area contributed by atoms with Crippen molar-refractivity contribution >= 4 is 21.6 Å². The van der Waals surface area contributed by atoms with Gasteiger partial charge in [-0.3, -0.25) is 0 Å². The maximum absolute atomic E-state index is 13.2. The van der Waals surface area contributed by atoms with Crippen LogP contribution in [-0.2, 0) is 22.0 Å². The van der Waals surface area contributed by atoms with E-state index in [4.69, 9.17) is 11.6 Å². The van der Waals surface area contributed by atoms with Gasteiger partial charge in [0.25, 0.3) is 0 Å². The summed E-state index contributed by atoms with van der Waals surface area (Å²) < 4.78 is 40.2. The predicted octanol–water partition coefficient (Wildman–Crippen LogP) is 2.59. The Labute approximate surface area is 139 Å². The van der Waals surface area contributed by atoms with Crippen LogP contribution in [0.15, 0.2) is 47.4 Å². The lowest BCUT2D eigenvalue weighted by Crippen LogP contribution is -2.39. The molecule has 0 saturated heterocycles. The zero-order valence-corrected chi connectivity index (χ0v) is 13.7. The van der Waals surface area contributed by atoms with Gasteiger partial charge in [0.05, 0.1) is 9.92 Å². The minimum atomic E-state index is -3.89. The maximum atomic E-state index is 13.2. The third kappa shape index (κ3) is 3.12. The first-order chi connectivity index (χ1) is 10.8. The van der Waals surface area contributed by atoms with Crippen molar-refractivity contribution in [2.24, 2.45) is 0 Å². The highest BCUT2D eigenvalue weighted by Crippen LogP contribution is 2.36. The van der Waals surface area contributed by atoms with E-state index in [1.807, 2.05) is 18.2 Å². The summed E-state index contributed by atoms with van der Waals surface area (Å²) in [5.41, 5.74) is 0.506. The highest BCUT2D eigenvalue weighted by atomic mass is 35.5. The molecule has 4 nitrogen and oxygen atoms in total. The molecule has 1 atom stereocenters. The van der Waals surface area contributed by atoms with E-state index in [-0.39, 0.29) is 16.5 Å². The molecule has 2 aromatic rings. The fraction of sp³-hybridized carbons (Fsp3) is 0.250. The van der Waals surface area contributed by atoms with E-state index in [1.54, 1.807) is 6.07 Å². The largest absolute Gasteiger partial charge is 0.384 e. The van der Waals surface area contributed by atoms with Crippen molar-refractivity contribution in [3.05, 3.63) is 64.4 Å². The van der Waals surface area contributed by atoms with E-state index in [0.29, 0.717) is 12.8 Å². The summed E-state index contributed by atoms with van der Waals surface area (Å²) in [7, 11) is -3.89. The topological polar surface area (TPSA) is 66.4 Å². The van der Waals surface area contributed by atoms with Gasteiger partial charge in [0.1, 0.15) is 11.4 Å². The van der Waals surface area contributed by atoms with Crippen LogP contribution in [0, 0.1) is 5.82 Å². The molecule has 0 spiro atoms. The smallest absolute Gasteiger partial charge is 0.240 e. The Morgan fingerprint density at radius 2 is 2.00 bits per heavy atom. The van der Waals surface area contributed by atoms with Gasteiger partial charge in [0.15, 0.2) is 0 Å². The number of halogens is 2. The van der Waals surface area contributed by atoms with Crippen molar-refractivity contribution in [3.63, 3.8) is 0 Å². The lowest BCUT2D eigenvalue weighted by atomic mass is 9.96. The Morgan fingerprint density at radius 1 is 1.26 bits per heavy atom. The molecule has 0 aliphatic heterocycles. The molecule has 7 heteroatoms. The quantitative estimate of drug-likeness (QED) is 0.886. The van der Waals surface area contributed by atoms with Crippen LogP contribution in [0.1, 0.15) is 17.5 Å². The van der Waals surface area contributed by atoms with Gasteiger partial charge in [-0.15, -0.1) is 0 Å². The number of aryl methyl sites for hydroxylation is 1. The van der Waals surface area contributed by atoms with Crippen molar-refractivity contribution in [1.29, 1.82) is 0 Å². The Kier molecular flexibility index (Phi) is 4.18. The number of sulfonamides is 1. The Hall–Kier alpha value is -1.47. The minimum absolute atomic E-state index is 0.140. The van der Waals surface area contributed by atoms with Crippen LogP contribution >= 0.6 is 11.6 Å². The summed E-state index contributed by atoms with van der Waals surface area (Å²) in [5.74, 6) is -0.686. The van der Waals surface area contributed by atoms with Gasteiger partial charge in [0.2, 0.25) is 10.0 Å². The SMILES string of the molecule is O=S(=O)(NCC1(O)CCc2ccccc21)c1ccc(F)c(Cl)c1. The highest BCUT2D eigenvalue weighted by molar-refractivity contribution is 7.89. The highest BCUT2D eigenvalue weighted by Gasteiger charge is 2.37. The number of nitrogens with one attached hydrogen (secondary N) is 1. The van der Waals surface area contributed by atoms with E-state index >= 15 is 0 Å². The third-order valence-corrected chi connectivity index (χ3v) is 5.77. The predicted molar refractivity (Wildman–Crippen MR) is 85.3 cm³/mol. The van der Waals surface area contributed by atoms with E-state index in [0.717, 1.165) is 29.3 Å². The van der Waals surface area contributed by atoms with Crippen LogP contribution in [0.25, 0.3) is 0 Å². The van der Waals surface area contributed by atoms with E-state index in [9.17, 15) is 17.9 Å². The number of hydrogen-bond acceptors (Lipinski definition) is 3. The van der Waals surface area contributed by atoms with Gasteiger partial charge in [0, 0.05) is 6.54 Å². The zero-order chi connectivity index (χ0) is 16.7. The second-order valence-corrected chi connectivity index (χ2v) is 7.76. The molecule has 1 aliphatic carbocycles. The monoisotopic (exact) mass is 355 g/mol. The molecule has 0 bridgehead atoms. The number of fused-ring (bicyclic) bond motifs is 1. The second kappa shape index (κ2) is 5.87. The first-order valence-corrected chi connectivity index (χ1v) is 8.93. The first-order valence-electron chi connectivity index (χ1n) is 7.07. The number of benzene rings is 2. The number of rotatable bonds is 4. The third-order valence-electron chi connectivity index (χ3n) is 4.08. The molecular formula is C16H15ClFNO3S. The molecule has 0 fully saturated rings. The molecule has 1 unspecified atom stereocenters. The summed E-state index contributed by atoms with van der Waals surface area (Å²) in [4.78, 5) is -0.140.